The Morgan fingerprint density at radius 3 is 3.00 bits per heavy atom. The first-order chi connectivity index (χ1) is 8.75. The Morgan fingerprint density at radius 2 is 2.22 bits per heavy atom. The minimum atomic E-state index is 0.110. The number of benzene rings is 1. The molecule has 0 aliphatic carbocycles. The molecule has 0 radical (unpaired) electrons. The predicted octanol–water partition coefficient (Wildman–Crippen LogP) is 1.15. The monoisotopic (exact) mass is 246 g/mol. The largest absolute Gasteiger partial charge is 0.372 e. The molecule has 18 heavy (non-hydrogen) atoms. The van der Waals surface area contributed by atoms with Gasteiger partial charge in [0, 0.05) is 25.2 Å². The van der Waals surface area contributed by atoms with Gasteiger partial charge in [-0.2, -0.15) is 0 Å². The number of hydrogen-bond acceptors (Lipinski definition) is 3. The zero-order valence-corrected chi connectivity index (χ0v) is 10.6. The second-order valence-corrected chi connectivity index (χ2v) is 5.04. The zero-order chi connectivity index (χ0) is 12.5. The molecular formula is C14H18N2O2. The molecule has 3 rings (SSSR count). The van der Waals surface area contributed by atoms with Gasteiger partial charge in [-0.3, -0.25) is 4.79 Å². The Kier molecular flexibility index (Phi) is 3.06. The van der Waals surface area contributed by atoms with Crippen molar-refractivity contribution >= 4 is 5.91 Å². The van der Waals surface area contributed by atoms with E-state index in [-0.39, 0.29) is 5.91 Å². The second kappa shape index (κ2) is 4.71. The van der Waals surface area contributed by atoms with Crippen LogP contribution >= 0.6 is 0 Å². The molecular weight excluding hydrogens is 228 g/mol. The van der Waals surface area contributed by atoms with Crippen LogP contribution in [0.3, 0.4) is 0 Å². The molecule has 0 bridgehead atoms. The van der Waals surface area contributed by atoms with E-state index in [0.717, 1.165) is 30.6 Å². The van der Waals surface area contributed by atoms with Crippen LogP contribution in [0.2, 0.25) is 0 Å². The van der Waals surface area contributed by atoms with Crippen LogP contribution in [0.1, 0.15) is 27.9 Å². The van der Waals surface area contributed by atoms with Crippen LogP contribution in [0.15, 0.2) is 18.2 Å². The first-order valence-electron chi connectivity index (χ1n) is 6.43. The Morgan fingerprint density at radius 1 is 1.39 bits per heavy atom. The first-order valence-corrected chi connectivity index (χ1v) is 6.43. The highest BCUT2D eigenvalue weighted by atomic mass is 16.5. The summed E-state index contributed by atoms with van der Waals surface area (Å²) in [6, 6.07) is 6.22. The predicted molar refractivity (Wildman–Crippen MR) is 68.3 cm³/mol. The number of carbonyl (C=O) groups is 1. The van der Waals surface area contributed by atoms with Gasteiger partial charge in [-0.25, -0.2) is 0 Å². The Hall–Kier alpha value is -1.39. The maximum Gasteiger partial charge on any atom is 0.253 e. The van der Waals surface area contributed by atoms with Crippen LogP contribution in [0, 0.1) is 0 Å². The third-order valence-electron chi connectivity index (χ3n) is 3.87. The normalized spacial score (nSPS) is 21.9. The van der Waals surface area contributed by atoms with Gasteiger partial charge in [-0.1, -0.05) is 6.07 Å². The average Bonchev–Trinajstić information content (AvgIpc) is 3.06. The van der Waals surface area contributed by atoms with Crippen LogP contribution in [-0.2, 0) is 18.0 Å². The fraction of sp³-hybridized carbons (Fsp3) is 0.500. The number of rotatable bonds is 2. The first kappa shape index (κ1) is 11.7. The molecule has 1 atom stereocenters. The highest BCUT2D eigenvalue weighted by molar-refractivity contribution is 5.94. The number of carbonyl (C=O) groups excluding carboxylic acids is 1. The van der Waals surface area contributed by atoms with E-state index >= 15 is 0 Å². The molecule has 0 saturated carbocycles. The number of ether oxygens (including phenoxy) is 1. The Balaban J connectivity index is 1.79. The lowest BCUT2D eigenvalue weighted by Gasteiger charge is -2.24. The molecule has 0 aromatic heterocycles. The van der Waals surface area contributed by atoms with Crippen molar-refractivity contribution in [3.63, 3.8) is 0 Å². The molecule has 1 aromatic rings. The van der Waals surface area contributed by atoms with E-state index in [4.69, 9.17) is 4.74 Å². The van der Waals surface area contributed by atoms with E-state index in [9.17, 15) is 4.79 Å². The maximum absolute atomic E-state index is 12.4. The lowest BCUT2D eigenvalue weighted by atomic mass is 10.0. The molecule has 1 aromatic carbocycles. The van der Waals surface area contributed by atoms with E-state index in [2.05, 4.69) is 5.32 Å². The Bertz CT molecular complexity index is 467. The van der Waals surface area contributed by atoms with E-state index in [1.807, 2.05) is 30.1 Å². The number of likely N-dealkylation sites (N-methyl/N-ethyl adjacent to an activating group) is 1. The fourth-order valence-electron chi connectivity index (χ4n) is 2.64. The number of amides is 1. The summed E-state index contributed by atoms with van der Waals surface area (Å²) in [5.41, 5.74) is 3.13. The van der Waals surface area contributed by atoms with Crippen molar-refractivity contribution in [3.8, 4) is 0 Å². The van der Waals surface area contributed by atoms with Gasteiger partial charge in [0.15, 0.2) is 0 Å². The van der Waals surface area contributed by atoms with E-state index < -0.39 is 0 Å². The second-order valence-electron chi connectivity index (χ2n) is 5.04. The van der Waals surface area contributed by atoms with E-state index in [1.165, 1.54) is 5.56 Å². The summed E-state index contributed by atoms with van der Waals surface area (Å²) in [5.74, 6) is 0.110. The molecule has 4 heteroatoms. The fourth-order valence-corrected chi connectivity index (χ4v) is 2.64. The number of hydrogen-bond donors (Lipinski definition) is 1. The summed E-state index contributed by atoms with van der Waals surface area (Å²) in [5, 5.41) is 3.29. The highest BCUT2D eigenvalue weighted by Gasteiger charge is 2.24. The SMILES string of the molecule is CN(C(=O)c1ccc2c(c1)COC2)C1CCNC1. The van der Waals surface area contributed by atoms with Gasteiger partial charge >= 0.3 is 0 Å². The minimum Gasteiger partial charge on any atom is -0.372 e. The molecule has 1 saturated heterocycles. The quantitative estimate of drug-likeness (QED) is 0.851. The van der Waals surface area contributed by atoms with E-state index in [1.54, 1.807) is 0 Å². The van der Waals surface area contributed by atoms with Gasteiger partial charge in [0.1, 0.15) is 0 Å². The van der Waals surface area contributed by atoms with Crippen molar-refractivity contribution in [3.05, 3.63) is 34.9 Å². The Labute approximate surface area is 107 Å². The third-order valence-corrected chi connectivity index (χ3v) is 3.87. The van der Waals surface area contributed by atoms with Gasteiger partial charge in [-0.15, -0.1) is 0 Å². The lowest BCUT2D eigenvalue weighted by molar-refractivity contribution is 0.0743. The van der Waals surface area contributed by atoms with Crippen molar-refractivity contribution in [2.75, 3.05) is 20.1 Å². The van der Waals surface area contributed by atoms with Crippen LogP contribution in [-0.4, -0.2) is 37.0 Å². The summed E-state index contributed by atoms with van der Waals surface area (Å²) in [7, 11) is 1.89. The van der Waals surface area contributed by atoms with Crippen LogP contribution in [0.25, 0.3) is 0 Å². The average molecular weight is 246 g/mol. The van der Waals surface area contributed by atoms with Crippen LogP contribution in [0.4, 0.5) is 0 Å². The number of fused-ring (bicyclic) bond motifs is 1. The zero-order valence-electron chi connectivity index (χ0n) is 10.6. The molecule has 2 aliphatic heterocycles. The summed E-state index contributed by atoms with van der Waals surface area (Å²) < 4.78 is 5.38. The lowest BCUT2D eigenvalue weighted by Crippen LogP contribution is -2.38. The topological polar surface area (TPSA) is 41.6 Å². The summed E-state index contributed by atoms with van der Waals surface area (Å²) in [4.78, 5) is 14.2. The van der Waals surface area contributed by atoms with Crippen LogP contribution in [0.5, 0.6) is 0 Å². The van der Waals surface area contributed by atoms with Gasteiger partial charge in [0.2, 0.25) is 0 Å². The summed E-state index contributed by atoms with van der Waals surface area (Å²) in [6.45, 7) is 3.20. The van der Waals surface area contributed by atoms with Crippen molar-refractivity contribution in [1.29, 1.82) is 0 Å². The standard InChI is InChI=1S/C14H18N2O2/c1-16(13-4-5-15-7-13)14(17)10-2-3-11-8-18-9-12(11)6-10/h2-3,6,13,15H,4-5,7-9H2,1H3. The molecule has 2 aliphatic rings. The van der Waals surface area contributed by atoms with Gasteiger partial charge in [0.25, 0.3) is 5.91 Å². The van der Waals surface area contributed by atoms with Crippen molar-refractivity contribution in [2.45, 2.75) is 25.7 Å². The van der Waals surface area contributed by atoms with Gasteiger partial charge < -0.3 is 15.0 Å². The number of nitrogens with zero attached hydrogens (tertiary/aromatic N) is 1. The molecule has 2 heterocycles. The van der Waals surface area contributed by atoms with Crippen LogP contribution < -0.4 is 5.32 Å². The van der Waals surface area contributed by atoms with Crippen molar-refractivity contribution < 1.29 is 9.53 Å². The maximum atomic E-state index is 12.4. The molecule has 96 valence electrons. The minimum absolute atomic E-state index is 0.110. The van der Waals surface area contributed by atoms with Crippen molar-refractivity contribution in [2.24, 2.45) is 0 Å². The molecule has 0 spiro atoms. The summed E-state index contributed by atoms with van der Waals surface area (Å²) in [6.07, 6.45) is 1.04. The molecule has 4 nitrogen and oxygen atoms in total. The molecule has 1 fully saturated rings. The molecule has 1 amide bonds. The molecule has 1 N–H and O–H groups in total. The van der Waals surface area contributed by atoms with E-state index in [0.29, 0.717) is 19.3 Å². The third kappa shape index (κ3) is 2.02. The van der Waals surface area contributed by atoms with Gasteiger partial charge in [-0.05, 0) is 36.2 Å². The number of nitrogens with one attached hydrogen (secondary N) is 1. The highest BCUT2D eigenvalue weighted by Crippen LogP contribution is 2.22. The smallest absolute Gasteiger partial charge is 0.253 e. The van der Waals surface area contributed by atoms with Gasteiger partial charge in [0.05, 0.1) is 13.2 Å². The molecule has 1 unspecified atom stereocenters. The van der Waals surface area contributed by atoms with Crippen molar-refractivity contribution in [1.82, 2.24) is 10.2 Å². The summed E-state index contributed by atoms with van der Waals surface area (Å²) >= 11 is 0.